The number of rotatable bonds is 6. The van der Waals surface area contributed by atoms with Crippen LogP contribution in [0, 0.1) is 5.82 Å². The summed E-state index contributed by atoms with van der Waals surface area (Å²) in [5, 5.41) is 11.0. The second-order valence-corrected chi connectivity index (χ2v) is 9.50. The third kappa shape index (κ3) is 3.44. The van der Waals surface area contributed by atoms with E-state index in [1.54, 1.807) is 36.1 Å². The van der Waals surface area contributed by atoms with E-state index in [9.17, 15) is 19.1 Å². The number of aromatic amines is 1. The van der Waals surface area contributed by atoms with Crippen LogP contribution in [-0.4, -0.2) is 76.1 Å². The van der Waals surface area contributed by atoms with Crippen molar-refractivity contribution in [2.75, 3.05) is 33.8 Å². The molecule has 0 saturated carbocycles. The molecular weight excluding hydrogens is 451 g/mol. The molecular formula is C26H29FN4O4. The lowest BCUT2D eigenvalue weighted by Gasteiger charge is -2.42. The number of phenolic OH excluding ortho intramolecular Hbond substituents is 1. The fraction of sp³-hybridized carbons (Fsp3) is 0.385. The zero-order chi connectivity index (χ0) is 25.1. The molecule has 2 atom stereocenters. The number of urea groups is 1. The zero-order valence-electron chi connectivity index (χ0n) is 20.3. The summed E-state index contributed by atoms with van der Waals surface area (Å²) in [5.74, 6) is -0.595. The van der Waals surface area contributed by atoms with E-state index in [2.05, 4.69) is 4.98 Å². The highest BCUT2D eigenvalue weighted by Crippen LogP contribution is 2.49. The molecule has 3 aromatic rings. The number of likely N-dealkylation sites (N-methyl/N-ethyl adjacent to an activating group) is 1. The molecule has 0 bridgehead atoms. The average molecular weight is 481 g/mol. The zero-order valence-corrected chi connectivity index (χ0v) is 20.3. The number of imide groups is 1. The number of aromatic hydroxyl groups is 1. The molecule has 35 heavy (non-hydrogen) atoms. The van der Waals surface area contributed by atoms with Gasteiger partial charge in [-0.2, -0.15) is 0 Å². The van der Waals surface area contributed by atoms with Crippen molar-refractivity contribution in [1.29, 1.82) is 0 Å². The van der Waals surface area contributed by atoms with Crippen molar-refractivity contribution >= 4 is 22.8 Å². The minimum atomic E-state index is -1.14. The molecule has 0 spiro atoms. The normalized spacial score (nSPS) is 21.7. The Balaban J connectivity index is 1.70. The summed E-state index contributed by atoms with van der Waals surface area (Å²) < 4.78 is 19.7. The number of H-pyrrole nitrogens is 1. The molecule has 3 heterocycles. The van der Waals surface area contributed by atoms with Crippen molar-refractivity contribution in [2.45, 2.75) is 31.8 Å². The van der Waals surface area contributed by atoms with Gasteiger partial charge < -0.3 is 19.7 Å². The van der Waals surface area contributed by atoms with Crippen LogP contribution in [0.15, 0.2) is 36.4 Å². The number of carbonyl (C=O) groups is 2. The van der Waals surface area contributed by atoms with Crippen LogP contribution in [-0.2, 0) is 11.2 Å². The van der Waals surface area contributed by atoms with E-state index >= 15 is 0 Å². The van der Waals surface area contributed by atoms with E-state index in [0.29, 0.717) is 23.3 Å². The van der Waals surface area contributed by atoms with Crippen molar-refractivity contribution in [1.82, 2.24) is 19.7 Å². The van der Waals surface area contributed by atoms with E-state index in [0.717, 1.165) is 17.5 Å². The van der Waals surface area contributed by atoms with Crippen molar-refractivity contribution in [3.63, 3.8) is 0 Å². The minimum Gasteiger partial charge on any atom is -0.508 e. The molecule has 2 aliphatic rings. The molecule has 1 aromatic heterocycles. The van der Waals surface area contributed by atoms with Crippen LogP contribution in [0.2, 0.25) is 0 Å². The molecule has 1 fully saturated rings. The van der Waals surface area contributed by atoms with Crippen molar-refractivity contribution in [2.24, 2.45) is 0 Å². The van der Waals surface area contributed by atoms with Crippen LogP contribution >= 0.6 is 0 Å². The van der Waals surface area contributed by atoms with E-state index in [4.69, 9.17) is 4.74 Å². The number of methoxy groups -OCH3 is 1. The van der Waals surface area contributed by atoms with Crippen molar-refractivity contribution in [3.8, 4) is 11.5 Å². The first-order chi connectivity index (χ1) is 16.7. The molecule has 8 nitrogen and oxygen atoms in total. The van der Waals surface area contributed by atoms with Crippen LogP contribution in [0.1, 0.15) is 36.7 Å². The molecule has 5 rings (SSSR count). The number of aromatic nitrogens is 1. The number of hydrogen-bond donors (Lipinski definition) is 2. The van der Waals surface area contributed by atoms with Gasteiger partial charge in [0.2, 0.25) is 0 Å². The molecule has 184 valence electrons. The number of nitrogens with one attached hydrogen (secondary N) is 1. The van der Waals surface area contributed by atoms with E-state index in [1.807, 2.05) is 24.9 Å². The summed E-state index contributed by atoms with van der Waals surface area (Å²) in [6, 6.07) is 8.64. The Morgan fingerprint density at radius 1 is 1.29 bits per heavy atom. The van der Waals surface area contributed by atoms with Crippen molar-refractivity contribution < 1.29 is 23.8 Å². The number of phenols is 1. The Labute approximate surface area is 202 Å². The molecule has 0 unspecified atom stereocenters. The van der Waals surface area contributed by atoms with Crippen LogP contribution in [0.25, 0.3) is 10.9 Å². The first kappa shape index (κ1) is 23.2. The highest BCUT2D eigenvalue weighted by Gasteiger charge is 2.60. The van der Waals surface area contributed by atoms with Gasteiger partial charge in [-0.1, -0.05) is 19.1 Å². The van der Waals surface area contributed by atoms with E-state index < -0.39 is 17.4 Å². The largest absolute Gasteiger partial charge is 0.508 e. The second kappa shape index (κ2) is 8.27. The van der Waals surface area contributed by atoms with Gasteiger partial charge >= 0.3 is 6.03 Å². The molecule has 3 amide bonds. The number of benzene rings is 2. The highest BCUT2D eigenvalue weighted by atomic mass is 19.1. The number of halogens is 1. The minimum absolute atomic E-state index is 0.0551. The molecule has 1 saturated heterocycles. The Bertz CT molecular complexity index is 1340. The Hall–Kier alpha value is -3.59. The predicted octanol–water partition coefficient (Wildman–Crippen LogP) is 3.64. The fourth-order valence-corrected chi connectivity index (χ4v) is 5.34. The fourth-order valence-electron chi connectivity index (χ4n) is 5.34. The smallest absolute Gasteiger partial charge is 0.328 e. The third-order valence-corrected chi connectivity index (χ3v) is 7.37. The van der Waals surface area contributed by atoms with Crippen LogP contribution in [0.4, 0.5) is 9.18 Å². The van der Waals surface area contributed by atoms with Gasteiger partial charge in [0.15, 0.2) is 11.6 Å². The summed E-state index contributed by atoms with van der Waals surface area (Å²) in [7, 11) is 3.35. The molecule has 9 heteroatoms. The molecule has 0 aliphatic carbocycles. The number of hydrogen-bond acceptors (Lipinski definition) is 5. The van der Waals surface area contributed by atoms with Gasteiger partial charge in [-0.25, -0.2) is 9.18 Å². The standard InChI is InChI=1S/C26H29FN4O4/c1-5-29(3)9-10-30-24(33)26(2)14-18-17-12-21(35-4)19(27)13-20(17)28-22(18)23(31(26)25(30)34)15-7-6-8-16(32)11-15/h6-8,11-13,23,28,32H,5,9-10,14H2,1-4H3/t23-,26+/m1/s1. The monoisotopic (exact) mass is 480 g/mol. The maximum atomic E-state index is 14.5. The number of carbonyl (C=O) groups excluding carboxylic acids is 2. The van der Waals surface area contributed by atoms with E-state index in [1.165, 1.54) is 18.1 Å². The molecule has 0 radical (unpaired) electrons. The summed E-state index contributed by atoms with van der Waals surface area (Å²) in [4.78, 5) is 35.8. The maximum absolute atomic E-state index is 14.5. The number of fused-ring (bicyclic) bond motifs is 4. The molecule has 2 aromatic carbocycles. The van der Waals surface area contributed by atoms with Crippen LogP contribution in [0.5, 0.6) is 11.5 Å². The summed E-state index contributed by atoms with van der Waals surface area (Å²) in [5.41, 5.74) is 1.61. The Morgan fingerprint density at radius 3 is 2.74 bits per heavy atom. The van der Waals surface area contributed by atoms with Gasteiger partial charge in [0, 0.05) is 42.2 Å². The Kier molecular flexibility index (Phi) is 5.47. The summed E-state index contributed by atoms with van der Waals surface area (Å²) in [6.45, 7) is 5.46. The Morgan fingerprint density at radius 2 is 2.06 bits per heavy atom. The maximum Gasteiger partial charge on any atom is 0.328 e. The lowest BCUT2D eigenvalue weighted by molar-refractivity contribution is -0.133. The molecule has 2 N–H and O–H groups in total. The van der Waals surface area contributed by atoms with Gasteiger partial charge in [0.25, 0.3) is 5.91 Å². The number of ether oxygens (including phenoxy) is 1. The van der Waals surface area contributed by atoms with Crippen LogP contribution < -0.4 is 4.74 Å². The molecule has 2 aliphatic heterocycles. The number of nitrogens with zero attached hydrogens (tertiary/aromatic N) is 3. The topological polar surface area (TPSA) is 89.1 Å². The number of amides is 3. The summed E-state index contributed by atoms with van der Waals surface area (Å²) in [6.07, 6.45) is 0.275. The highest BCUT2D eigenvalue weighted by molar-refractivity contribution is 6.08. The first-order valence-electron chi connectivity index (χ1n) is 11.7. The van der Waals surface area contributed by atoms with Crippen molar-refractivity contribution in [3.05, 3.63) is 59.0 Å². The third-order valence-electron chi connectivity index (χ3n) is 7.37. The average Bonchev–Trinajstić information content (AvgIpc) is 3.26. The van der Waals surface area contributed by atoms with Gasteiger partial charge in [-0.3, -0.25) is 14.6 Å². The lowest BCUT2D eigenvalue weighted by atomic mass is 9.81. The SMILES string of the molecule is CCN(C)CCN1C(=O)N2[C@H](c3cccc(O)c3)c3[nH]c4cc(F)c(OC)cc4c3C[C@@]2(C)C1=O. The van der Waals surface area contributed by atoms with Gasteiger partial charge in [-0.05, 0) is 49.8 Å². The van der Waals surface area contributed by atoms with Gasteiger partial charge in [-0.15, -0.1) is 0 Å². The van der Waals surface area contributed by atoms with Gasteiger partial charge in [0.1, 0.15) is 17.3 Å². The second-order valence-electron chi connectivity index (χ2n) is 9.50. The quantitative estimate of drug-likeness (QED) is 0.526. The lowest BCUT2D eigenvalue weighted by Crippen LogP contribution is -2.53. The van der Waals surface area contributed by atoms with Gasteiger partial charge in [0.05, 0.1) is 7.11 Å². The predicted molar refractivity (Wildman–Crippen MR) is 129 cm³/mol. The summed E-state index contributed by atoms with van der Waals surface area (Å²) >= 11 is 0. The van der Waals surface area contributed by atoms with Crippen LogP contribution in [0.3, 0.4) is 0 Å². The first-order valence-corrected chi connectivity index (χ1v) is 11.7. The van der Waals surface area contributed by atoms with E-state index in [-0.39, 0.29) is 36.4 Å².